The number of aliphatic carboxylic acids is 1. The highest BCUT2D eigenvalue weighted by atomic mass is 32.2. The number of carboxylic acid groups (broad SMARTS) is 1. The average Bonchev–Trinajstić information content (AvgIpc) is 2.85. The van der Waals surface area contributed by atoms with Crippen LogP contribution in [-0.4, -0.2) is 64.0 Å². The zero-order valence-electron chi connectivity index (χ0n) is 9.46. The molecule has 7 heteroatoms. The number of amides is 2. The van der Waals surface area contributed by atoms with E-state index in [1.807, 2.05) is 0 Å². The van der Waals surface area contributed by atoms with Gasteiger partial charge in [-0.05, 0) is 0 Å². The van der Waals surface area contributed by atoms with Gasteiger partial charge in [0.15, 0.2) is 0 Å². The lowest BCUT2D eigenvalue weighted by atomic mass is 10.1. The summed E-state index contributed by atoms with van der Waals surface area (Å²) < 4.78 is 0. The minimum atomic E-state index is -0.971. The molecule has 2 aliphatic rings. The van der Waals surface area contributed by atoms with Gasteiger partial charge in [-0.25, -0.2) is 4.79 Å². The second-order valence-electron chi connectivity index (χ2n) is 4.34. The number of thioether (sulfide) groups is 1. The predicted octanol–water partition coefficient (Wildman–Crippen LogP) is -0.549. The molecule has 1 N–H and O–H groups in total. The van der Waals surface area contributed by atoms with Crippen LogP contribution in [0.5, 0.6) is 0 Å². The van der Waals surface area contributed by atoms with Crippen LogP contribution >= 0.6 is 11.8 Å². The molecule has 0 radical (unpaired) electrons. The summed E-state index contributed by atoms with van der Waals surface area (Å²) in [6.07, 6.45) is 0.197. The van der Waals surface area contributed by atoms with E-state index in [0.29, 0.717) is 18.2 Å². The Kier molecular flexibility index (Phi) is 3.28. The first-order chi connectivity index (χ1) is 8.00. The lowest BCUT2D eigenvalue weighted by Gasteiger charge is -2.23. The van der Waals surface area contributed by atoms with Gasteiger partial charge in [0.2, 0.25) is 11.8 Å². The number of carbonyl (C=O) groups is 3. The summed E-state index contributed by atoms with van der Waals surface area (Å²) in [5.41, 5.74) is 0. The number of hydrogen-bond donors (Lipinski definition) is 1. The Balaban J connectivity index is 2.05. The average molecular weight is 258 g/mol. The molecule has 0 saturated carbocycles. The third-order valence-corrected chi connectivity index (χ3v) is 4.15. The van der Waals surface area contributed by atoms with Crippen LogP contribution in [0.2, 0.25) is 0 Å². The van der Waals surface area contributed by atoms with Gasteiger partial charge in [-0.3, -0.25) is 9.59 Å². The Labute approximate surface area is 103 Å². The smallest absolute Gasteiger partial charge is 0.327 e. The SMILES string of the molecule is CN1CC(C(=O)N2CSCC2C(=O)O)CC1=O. The normalized spacial score (nSPS) is 28.9. The molecule has 2 aliphatic heterocycles. The molecule has 6 nitrogen and oxygen atoms in total. The van der Waals surface area contributed by atoms with E-state index in [4.69, 9.17) is 5.11 Å². The second-order valence-corrected chi connectivity index (χ2v) is 5.34. The molecule has 2 rings (SSSR count). The number of rotatable bonds is 2. The first kappa shape index (κ1) is 12.2. The van der Waals surface area contributed by atoms with Crippen molar-refractivity contribution in [2.24, 2.45) is 5.92 Å². The standard InChI is InChI=1S/C10H14N2O4S/c1-11-3-6(2-8(11)13)9(14)12-5-17-4-7(12)10(15)16/h6-7H,2-5H2,1H3,(H,15,16). The molecule has 0 bridgehead atoms. The maximum absolute atomic E-state index is 12.1. The quantitative estimate of drug-likeness (QED) is 0.719. The molecule has 2 fully saturated rings. The van der Waals surface area contributed by atoms with Crippen molar-refractivity contribution in [1.29, 1.82) is 0 Å². The third kappa shape index (κ3) is 2.24. The van der Waals surface area contributed by atoms with Crippen LogP contribution < -0.4 is 0 Å². The summed E-state index contributed by atoms with van der Waals surface area (Å²) in [5.74, 6) is -0.779. The molecule has 2 saturated heterocycles. The van der Waals surface area contributed by atoms with Crippen molar-refractivity contribution in [2.75, 3.05) is 25.2 Å². The van der Waals surface area contributed by atoms with Crippen LogP contribution in [0.4, 0.5) is 0 Å². The summed E-state index contributed by atoms with van der Waals surface area (Å²) in [5, 5.41) is 8.99. The Bertz CT molecular complexity index is 373. The highest BCUT2D eigenvalue weighted by Gasteiger charge is 2.41. The first-order valence-electron chi connectivity index (χ1n) is 5.35. The number of carbonyl (C=O) groups excluding carboxylic acids is 2. The highest BCUT2D eigenvalue weighted by Crippen LogP contribution is 2.26. The lowest BCUT2D eigenvalue weighted by Crippen LogP contribution is -2.45. The van der Waals surface area contributed by atoms with E-state index >= 15 is 0 Å². The van der Waals surface area contributed by atoms with Gasteiger partial charge in [-0.2, -0.15) is 0 Å². The largest absolute Gasteiger partial charge is 0.480 e. The van der Waals surface area contributed by atoms with Crippen molar-refractivity contribution < 1.29 is 19.5 Å². The van der Waals surface area contributed by atoms with Gasteiger partial charge in [0.05, 0.1) is 11.8 Å². The first-order valence-corrected chi connectivity index (χ1v) is 6.51. The van der Waals surface area contributed by atoms with Gasteiger partial charge in [0.1, 0.15) is 6.04 Å². The van der Waals surface area contributed by atoms with Crippen molar-refractivity contribution in [3.63, 3.8) is 0 Å². The molecule has 17 heavy (non-hydrogen) atoms. The third-order valence-electron chi connectivity index (χ3n) is 3.14. The number of likely N-dealkylation sites (tertiary alicyclic amines) is 1. The van der Waals surface area contributed by atoms with E-state index in [1.54, 1.807) is 7.05 Å². The van der Waals surface area contributed by atoms with Gasteiger partial charge in [0.25, 0.3) is 0 Å². The van der Waals surface area contributed by atoms with Gasteiger partial charge in [-0.15, -0.1) is 11.8 Å². The van der Waals surface area contributed by atoms with Gasteiger partial charge < -0.3 is 14.9 Å². The molecule has 2 atom stereocenters. The number of hydrogen-bond acceptors (Lipinski definition) is 4. The fraction of sp³-hybridized carbons (Fsp3) is 0.700. The minimum absolute atomic E-state index is 0.0536. The molecule has 2 amide bonds. The maximum atomic E-state index is 12.1. The summed E-state index contributed by atoms with van der Waals surface area (Å²) in [6, 6.07) is -0.742. The molecular formula is C10H14N2O4S. The number of nitrogens with zero attached hydrogens (tertiary/aromatic N) is 2. The van der Waals surface area contributed by atoms with Gasteiger partial charge in [-0.1, -0.05) is 0 Å². The molecule has 2 heterocycles. The van der Waals surface area contributed by atoms with Crippen LogP contribution in [0.25, 0.3) is 0 Å². The number of carboxylic acids is 1. The van der Waals surface area contributed by atoms with E-state index in [2.05, 4.69) is 0 Å². The van der Waals surface area contributed by atoms with E-state index in [1.165, 1.54) is 21.6 Å². The van der Waals surface area contributed by atoms with Crippen LogP contribution in [0, 0.1) is 5.92 Å². The molecule has 2 unspecified atom stereocenters. The van der Waals surface area contributed by atoms with E-state index in [0.717, 1.165) is 0 Å². The Hall–Kier alpha value is -1.24. The second kappa shape index (κ2) is 4.56. The van der Waals surface area contributed by atoms with Crippen LogP contribution in [0.3, 0.4) is 0 Å². The summed E-state index contributed by atoms with van der Waals surface area (Å²) in [7, 11) is 1.66. The summed E-state index contributed by atoms with van der Waals surface area (Å²) in [4.78, 5) is 37.3. The molecule has 0 aromatic rings. The maximum Gasteiger partial charge on any atom is 0.327 e. The van der Waals surface area contributed by atoms with Crippen molar-refractivity contribution >= 4 is 29.5 Å². The Morgan fingerprint density at radius 1 is 1.47 bits per heavy atom. The van der Waals surface area contributed by atoms with Crippen molar-refractivity contribution in [2.45, 2.75) is 12.5 Å². The predicted molar refractivity (Wildman–Crippen MR) is 61.3 cm³/mol. The van der Waals surface area contributed by atoms with Crippen LogP contribution in [0.15, 0.2) is 0 Å². The van der Waals surface area contributed by atoms with Crippen molar-refractivity contribution in [1.82, 2.24) is 9.80 Å². The minimum Gasteiger partial charge on any atom is -0.480 e. The van der Waals surface area contributed by atoms with Crippen LogP contribution in [-0.2, 0) is 14.4 Å². The molecule has 0 aromatic carbocycles. The lowest BCUT2D eigenvalue weighted by molar-refractivity contribution is -0.149. The van der Waals surface area contributed by atoms with E-state index in [9.17, 15) is 14.4 Å². The molecule has 0 aliphatic carbocycles. The monoisotopic (exact) mass is 258 g/mol. The summed E-state index contributed by atoms with van der Waals surface area (Å²) in [6.45, 7) is 0.394. The Morgan fingerprint density at radius 3 is 2.71 bits per heavy atom. The Morgan fingerprint density at radius 2 is 2.18 bits per heavy atom. The fourth-order valence-corrected chi connectivity index (χ4v) is 3.28. The highest BCUT2D eigenvalue weighted by molar-refractivity contribution is 7.99. The molecule has 94 valence electrons. The van der Waals surface area contributed by atoms with E-state index < -0.39 is 12.0 Å². The summed E-state index contributed by atoms with van der Waals surface area (Å²) >= 11 is 1.43. The molecular weight excluding hydrogens is 244 g/mol. The van der Waals surface area contributed by atoms with E-state index in [-0.39, 0.29) is 24.2 Å². The van der Waals surface area contributed by atoms with Gasteiger partial charge >= 0.3 is 5.97 Å². The molecule has 0 aromatic heterocycles. The van der Waals surface area contributed by atoms with Gasteiger partial charge in [0, 0.05) is 25.8 Å². The van der Waals surface area contributed by atoms with Crippen molar-refractivity contribution in [3.8, 4) is 0 Å². The van der Waals surface area contributed by atoms with Crippen LogP contribution in [0.1, 0.15) is 6.42 Å². The zero-order valence-corrected chi connectivity index (χ0v) is 10.3. The fourth-order valence-electron chi connectivity index (χ4n) is 2.13. The topological polar surface area (TPSA) is 77.9 Å². The zero-order chi connectivity index (χ0) is 12.6. The molecule has 0 spiro atoms. The van der Waals surface area contributed by atoms with Crippen molar-refractivity contribution in [3.05, 3.63) is 0 Å².